The lowest BCUT2D eigenvalue weighted by molar-refractivity contribution is -0.165. The first kappa shape index (κ1) is 12.7. The molecule has 0 aromatic carbocycles. The van der Waals surface area contributed by atoms with Gasteiger partial charge in [0.2, 0.25) is 0 Å². The van der Waals surface area contributed by atoms with E-state index in [1.807, 2.05) is 0 Å². The summed E-state index contributed by atoms with van der Waals surface area (Å²) in [6, 6.07) is 0. The number of esters is 2. The van der Waals surface area contributed by atoms with Gasteiger partial charge in [-0.15, -0.1) is 0 Å². The summed E-state index contributed by atoms with van der Waals surface area (Å²) in [4.78, 5) is 23.2. The standard InChI is InChI=1S/C12H18O4/c1-4-15-10(13)8-12(6-9(3)7-12)11(14)16-5-2/h3-8H2,1-2H3. The molecule has 4 heteroatoms. The Hall–Kier alpha value is -1.32. The van der Waals surface area contributed by atoms with Crippen LogP contribution in [0.25, 0.3) is 0 Å². The molecule has 0 saturated heterocycles. The van der Waals surface area contributed by atoms with Crippen molar-refractivity contribution < 1.29 is 19.1 Å². The van der Waals surface area contributed by atoms with Gasteiger partial charge in [-0.3, -0.25) is 9.59 Å². The predicted octanol–water partition coefficient (Wildman–Crippen LogP) is 1.84. The van der Waals surface area contributed by atoms with Gasteiger partial charge in [-0.2, -0.15) is 0 Å². The number of ether oxygens (including phenoxy) is 2. The summed E-state index contributed by atoms with van der Waals surface area (Å²) in [6.07, 6.45) is 1.16. The Morgan fingerprint density at radius 2 is 1.81 bits per heavy atom. The molecule has 0 aromatic rings. The molecule has 0 atom stereocenters. The Morgan fingerprint density at radius 1 is 1.25 bits per heavy atom. The maximum absolute atomic E-state index is 11.8. The second-order valence-corrected chi connectivity index (χ2v) is 4.09. The molecule has 0 aliphatic heterocycles. The van der Waals surface area contributed by atoms with Gasteiger partial charge in [0.1, 0.15) is 0 Å². The lowest BCUT2D eigenvalue weighted by Crippen LogP contribution is -2.42. The van der Waals surface area contributed by atoms with Crippen LogP contribution >= 0.6 is 0 Å². The van der Waals surface area contributed by atoms with E-state index >= 15 is 0 Å². The van der Waals surface area contributed by atoms with Crippen molar-refractivity contribution in [1.29, 1.82) is 0 Å². The summed E-state index contributed by atoms with van der Waals surface area (Å²) >= 11 is 0. The quantitative estimate of drug-likeness (QED) is 0.530. The summed E-state index contributed by atoms with van der Waals surface area (Å²) < 4.78 is 9.85. The first-order chi connectivity index (χ1) is 7.54. The Morgan fingerprint density at radius 3 is 2.25 bits per heavy atom. The lowest BCUT2D eigenvalue weighted by atomic mass is 9.64. The molecule has 0 unspecified atom stereocenters. The zero-order valence-electron chi connectivity index (χ0n) is 9.88. The maximum Gasteiger partial charge on any atom is 0.313 e. The van der Waals surface area contributed by atoms with Crippen LogP contribution in [0.5, 0.6) is 0 Å². The van der Waals surface area contributed by atoms with Crippen molar-refractivity contribution in [2.75, 3.05) is 13.2 Å². The Labute approximate surface area is 95.6 Å². The summed E-state index contributed by atoms with van der Waals surface area (Å²) in [7, 11) is 0. The smallest absolute Gasteiger partial charge is 0.313 e. The van der Waals surface area contributed by atoms with E-state index in [0.29, 0.717) is 26.1 Å². The van der Waals surface area contributed by atoms with Gasteiger partial charge < -0.3 is 9.47 Å². The molecular formula is C12H18O4. The highest BCUT2D eigenvalue weighted by Crippen LogP contribution is 2.48. The summed E-state index contributed by atoms with van der Waals surface area (Å²) in [5.41, 5.74) is 0.275. The molecule has 0 radical (unpaired) electrons. The highest BCUT2D eigenvalue weighted by atomic mass is 16.5. The van der Waals surface area contributed by atoms with E-state index in [1.165, 1.54) is 0 Å². The van der Waals surface area contributed by atoms with Crippen LogP contribution in [0.1, 0.15) is 33.1 Å². The molecule has 1 fully saturated rings. The number of hydrogen-bond acceptors (Lipinski definition) is 4. The maximum atomic E-state index is 11.8. The molecule has 1 aliphatic carbocycles. The fraction of sp³-hybridized carbons (Fsp3) is 0.667. The third kappa shape index (κ3) is 2.62. The average molecular weight is 226 g/mol. The zero-order valence-corrected chi connectivity index (χ0v) is 9.88. The Balaban J connectivity index is 2.63. The molecule has 0 aromatic heterocycles. The molecule has 1 aliphatic rings. The highest BCUT2D eigenvalue weighted by Gasteiger charge is 2.49. The van der Waals surface area contributed by atoms with Gasteiger partial charge in [-0.1, -0.05) is 12.2 Å². The van der Waals surface area contributed by atoms with Crippen LogP contribution in [-0.4, -0.2) is 25.2 Å². The first-order valence-corrected chi connectivity index (χ1v) is 5.53. The molecule has 0 heterocycles. The molecule has 90 valence electrons. The number of rotatable bonds is 5. The van der Waals surface area contributed by atoms with Gasteiger partial charge in [0.25, 0.3) is 0 Å². The minimum atomic E-state index is -0.709. The van der Waals surface area contributed by atoms with Crippen LogP contribution in [0.2, 0.25) is 0 Å². The second kappa shape index (κ2) is 5.14. The summed E-state index contributed by atoms with van der Waals surface area (Å²) in [5.74, 6) is -0.654. The SMILES string of the molecule is C=C1CC(CC(=O)OCC)(C(=O)OCC)C1. The van der Waals surface area contributed by atoms with E-state index in [1.54, 1.807) is 13.8 Å². The third-order valence-corrected chi connectivity index (χ3v) is 2.67. The van der Waals surface area contributed by atoms with Crippen LogP contribution < -0.4 is 0 Å². The highest BCUT2D eigenvalue weighted by molar-refractivity contribution is 5.85. The number of hydrogen-bond donors (Lipinski definition) is 0. The van der Waals surface area contributed by atoms with Crippen LogP contribution in [-0.2, 0) is 19.1 Å². The van der Waals surface area contributed by atoms with E-state index in [-0.39, 0.29) is 18.4 Å². The van der Waals surface area contributed by atoms with Crippen molar-refractivity contribution in [3.63, 3.8) is 0 Å². The van der Waals surface area contributed by atoms with E-state index in [0.717, 1.165) is 5.57 Å². The third-order valence-electron chi connectivity index (χ3n) is 2.67. The first-order valence-electron chi connectivity index (χ1n) is 5.53. The van der Waals surface area contributed by atoms with Gasteiger partial charge in [0, 0.05) is 0 Å². The average Bonchev–Trinajstić information content (AvgIpc) is 2.15. The number of carbonyl (C=O) groups excluding carboxylic acids is 2. The van der Waals surface area contributed by atoms with Gasteiger partial charge in [0.05, 0.1) is 25.0 Å². The molecule has 0 N–H and O–H groups in total. The topological polar surface area (TPSA) is 52.6 Å². The minimum absolute atomic E-state index is 0.0959. The van der Waals surface area contributed by atoms with Crippen molar-refractivity contribution in [2.45, 2.75) is 33.1 Å². The summed E-state index contributed by atoms with van der Waals surface area (Å²) in [5, 5.41) is 0. The van der Waals surface area contributed by atoms with E-state index in [9.17, 15) is 9.59 Å². The fourth-order valence-corrected chi connectivity index (χ4v) is 2.02. The summed E-state index contributed by atoms with van der Waals surface area (Å²) in [6.45, 7) is 7.95. The Kier molecular flexibility index (Phi) is 4.10. The molecular weight excluding hydrogens is 208 g/mol. The van der Waals surface area contributed by atoms with Crippen LogP contribution in [0.15, 0.2) is 12.2 Å². The number of allylic oxidation sites excluding steroid dienone is 1. The van der Waals surface area contributed by atoms with Crippen molar-refractivity contribution >= 4 is 11.9 Å². The monoisotopic (exact) mass is 226 g/mol. The molecule has 1 saturated carbocycles. The molecule has 1 rings (SSSR count). The van der Waals surface area contributed by atoms with Crippen molar-refractivity contribution in [2.24, 2.45) is 5.41 Å². The van der Waals surface area contributed by atoms with E-state index in [4.69, 9.17) is 9.47 Å². The molecule has 0 bridgehead atoms. The molecule has 4 nitrogen and oxygen atoms in total. The fourth-order valence-electron chi connectivity index (χ4n) is 2.02. The van der Waals surface area contributed by atoms with Crippen LogP contribution in [0, 0.1) is 5.41 Å². The van der Waals surface area contributed by atoms with Gasteiger partial charge in [-0.05, 0) is 26.7 Å². The largest absolute Gasteiger partial charge is 0.466 e. The van der Waals surface area contributed by atoms with E-state index in [2.05, 4.69) is 6.58 Å². The Bertz CT molecular complexity index is 298. The molecule has 0 amide bonds. The van der Waals surface area contributed by atoms with Crippen LogP contribution in [0.3, 0.4) is 0 Å². The van der Waals surface area contributed by atoms with Crippen molar-refractivity contribution in [1.82, 2.24) is 0 Å². The minimum Gasteiger partial charge on any atom is -0.466 e. The molecule has 16 heavy (non-hydrogen) atoms. The van der Waals surface area contributed by atoms with Crippen molar-refractivity contribution in [3.8, 4) is 0 Å². The van der Waals surface area contributed by atoms with Crippen molar-refractivity contribution in [3.05, 3.63) is 12.2 Å². The second-order valence-electron chi connectivity index (χ2n) is 4.09. The van der Waals surface area contributed by atoms with Crippen LogP contribution in [0.4, 0.5) is 0 Å². The van der Waals surface area contributed by atoms with E-state index < -0.39 is 5.41 Å². The van der Waals surface area contributed by atoms with Gasteiger partial charge in [0.15, 0.2) is 0 Å². The molecule has 0 spiro atoms. The van der Waals surface area contributed by atoms with Gasteiger partial charge in [-0.25, -0.2) is 0 Å². The predicted molar refractivity (Wildman–Crippen MR) is 58.7 cm³/mol. The number of carbonyl (C=O) groups is 2. The lowest BCUT2D eigenvalue weighted by Gasteiger charge is -2.40. The normalized spacial score (nSPS) is 17.5. The zero-order chi connectivity index (χ0) is 12.2. The van der Waals surface area contributed by atoms with Gasteiger partial charge >= 0.3 is 11.9 Å².